The summed E-state index contributed by atoms with van der Waals surface area (Å²) in [7, 11) is 0. The molecule has 0 amide bonds. The maximum atomic E-state index is 11.4. The fraction of sp³-hybridized carbons (Fsp3) is 0. The summed E-state index contributed by atoms with van der Waals surface area (Å²) >= 11 is 0. The molecule has 0 atom stereocenters. The van der Waals surface area contributed by atoms with Gasteiger partial charge in [-0.1, -0.05) is 146 Å². The molecule has 0 spiro atoms. The highest BCUT2D eigenvalue weighted by molar-refractivity contribution is 6.22. The smallest absolute Gasteiger partial charge is 0.169 e. The van der Waals surface area contributed by atoms with Gasteiger partial charge in [0.2, 0.25) is 0 Å². The lowest BCUT2D eigenvalue weighted by Crippen LogP contribution is -2.03. The Bertz CT molecular complexity index is 4690. The number of rotatable bonds is 6. The number of benzene rings is 10. The van der Waals surface area contributed by atoms with Gasteiger partial charge in [-0.05, 0) is 83.9 Å². The molecule has 0 fully saturated rings. The predicted octanol–water partition coefficient (Wildman–Crippen LogP) is 16.4. The maximum absolute atomic E-state index is 11.4. The lowest BCUT2D eigenvalue weighted by Gasteiger charge is -2.15. The Kier molecular flexibility index (Phi) is 8.55. The van der Waals surface area contributed by atoms with Crippen LogP contribution in [0.25, 0.3) is 144 Å². The molecule has 72 heavy (non-hydrogen) atoms. The Morgan fingerprint density at radius 2 is 0.889 bits per heavy atom. The van der Waals surface area contributed by atoms with Crippen molar-refractivity contribution in [1.29, 1.82) is 5.26 Å². The van der Waals surface area contributed by atoms with Gasteiger partial charge in [0.25, 0.3) is 0 Å². The van der Waals surface area contributed by atoms with Crippen LogP contribution >= 0.6 is 0 Å². The van der Waals surface area contributed by atoms with Crippen LogP contribution in [-0.2, 0) is 0 Å². The summed E-state index contributed by atoms with van der Waals surface area (Å²) in [5.74, 6) is 1.33. The van der Waals surface area contributed by atoms with E-state index in [4.69, 9.17) is 23.8 Å². The third-order valence-electron chi connectivity index (χ3n) is 14.2. The first kappa shape index (κ1) is 39.9. The average molecular weight is 921 g/mol. The molecular formula is C64H36N6O2. The van der Waals surface area contributed by atoms with Crippen LogP contribution in [-0.4, -0.2) is 24.1 Å². The van der Waals surface area contributed by atoms with Gasteiger partial charge < -0.3 is 18.0 Å². The zero-order chi connectivity index (χ0) is 47.4. The number of nitrogens with zero attached hydrogens (tertiary/aromatic N) is 6. The van der Waals surface area contributed by atoms with Crippen molar-refractivity contribution >= 4 is 87.5 Å². The van der Waals surface area contributed by atoms with E-state index in [0.29, 0.717) is 39.8 Å². The van der Waals surface area contributed by atoms with Gasteiger partial charge in [-0.2, -0.15) is 5.26 Å². The van der Waals surface area contributed by atoms with E-state index in [-0.39, 0.29) is 0 Å². The zero-order valence-electron chi connectivity index (χ0n) is 38.3. The molecule has 5 heterocycles. The fourth-order valence-corrected chi connectivity index (χ4v) is 11.0. The van der Waals surface area contributed by atoms with Gasteiger partial charge >= 0.3 is 0 Å². The number of nitriles is 1. The highest BCUT2D eigenvalue weighted by atomic mass is 16.3. The second-order valence-electron chi connectivity index (χ2n) is 18.2. The van der Waals surface area contributed by atoms with Crippen LogP contribution in [0.5, 0.6) is 0 Å². The Labute approximate surface area is 410 Å². The van der Waals surface area contributed by atoms with Crippen LogP contribution in [0.2, 0.25) is 0 Å². The van der Waals surface area contributed by atoms with E-state index in [9.17, 15) is 5.26 Å². The van der Waals surface area contributed by atoms with Gasteiger partial charge in [0.1, 0.15) is 28.4 Å². The Morgan fingerprint density at radius 1 is 0.361 bits per heavy atom. The summed E-state index contributed by atoms with van der Waals surface area (Å²) < 4.78 is 17.9. The van der Waals surface area contributed by atoms with E-state index in [1.54, 1.807) is 0 Å². The van der Waals surface area contributed by atoms with Gasteiger partial charge in [0.15, 0.2) is 17.5 Å². The first-order valence-corrected chi connectivity index (χ1v) is 23.9. The maximum Gasteiger partial charge on any atom is 0.169 e. The topological polar surface area (TPSA) is 98.6 Å². The SMILES string of the molecule is N#Cc1cc(-n2c3ccc(-c4ccc5oc6ccccc6c5c4)cc3c3cc4c5ccccc5n(-c5ccccc5)c4cc32)c2c(oc3ccccc32)c1-c1nc(-c2ccccc2)nc(-c2ccccc2)n1. The van der Waals surface area contributed by atoms with Gasteiger partial charge in [0.05, 0.1) is 44.3 Å². The summed E-state index contributed by atoms with van der Waals surface area (Å²) in [5.41, 5.74) is 13.6. The molecule has 10 aromatic carbocycles. The van der Waals surface area contributed by atoms with Crippen molar-refractivity contribution in [3.05, 3.63) is 224 Å². The summed E-state index contributed by atoms with van der Waals surface area (Å²) in [6.45, 7) is 0. The molecule has 0 aliphatic rings. The standard InChI is InChI=1S/C64H36N6O2/c65-37-42-34-55(60-46-24-12-15-27-57(46)72-61(60)59(42)64-67-62(38-16-4-1-5-17-38)66-63(68-64)39-18-6-2-7-19-39)70-52-30-28-40(41-29-31-58-50(33-41)45-23-11-14-26-56(45)71-58)32-47(52)49-35-48-44-22-10-13-25-51(44)69(53(48)36-54(49)70)43-20-8-3-9-21-43/h1-36H. The molecule has 0 N–H and O–H groups in total. The van der Waals surface area contributed by atoms with Crippen LogP contribution in [0, 0.1) is 11.3 Å². The van der Waals surface area contributed by atoms with Crippen molar-refractivity contribution in [2.75, 3.05) is 0 Å². The number of para-hydroxylation sites is 4. The second-order valence-corrected chi connectivity index (χ2v) is 18.2. The van der Waals surface area contributed by atoms with Crippen molar-refractivity contribution < 1.29 is 8.83 Å². The summed E-state index contributed by atoms with van der Waals surface area (Å²) in [6.07, 6.45) is 0. The molecular weight excluding hydrogens is 885 g/mol. The van der Waals surface area contributed by atoms with Crippen molar-refractivity contribution in [2.24, 2.45) is 0 Å². The monoisotopic (exact) mass is 920 g/mol. The molecule has 0 radical (unpaired) electrons. The Balaban J connectivity index is 1.06. The predicted molar refractivity (Wildman–Crippen MR) is 290 cm³/mol. The molecule has 8 heteroatoms. The lowest BCUT2D eigenvalue weighted by molar-refractivity contribution is 0.668. The Morgan fingerprint density at radius 3 is 1.61 bits per heavy atom. The molecule has 0 bridgehead atoms. The average Bonchev–Trinajstić information content (AvgIpc) is 4.20. The van der Waals surface area contributed by atoms with Crippen LogP contribution in [0.15, 0.2) is 227 Å². The number of fused-ring (bicyclic) bond motifs is 12. The van der Waals surface area contributed by atoms with Crippen LogP contribution in [0.3, 0.4) is 0 Å². The number of aromatic nitrogens is 5. The molecule has 5 aromatic heterocycles. The fourth-order valence-electron chi connectivity index (χ4n) is 11.0. The molecule has 0 aliphatic heterocycles. The van der Waals surface area contributed by atoms with Gasteiger partial charge in [-0.15, -0.1) is 0 Å². The minimum absolute atomic E-state index is 0.346. The van der Waals surface area contributed by atoms with E-state index in [1.807, 2.05) is 97.1 Å². The molecule has 0 saturated carbocycles. The molecule has 15 aromatic rings. The molecule has 0 unspecified atom stereocenters. The van der Waals surface area contributed by atoms with E-state index in [2.05, 4.69) is 137 Å². The number of hydrogen-bond donors (Lipinski definition) is 0. The second kappa shape index (κ2) is 15.5. The minimum atomic E-state index is 0.346. The minimum Gasteiger partial charge on any atom is -0.456 e. The normalized spacial score (nSPS) is 11.9. The molecule has 0 aliphatic carbocycles. The third kappa shape index (κ3) is 5.95. The number of furan rings is 2. The third-order valence-corrected chi connectivity index (χ3v) is 14.2. The van der Waals surface area contributed by atoms with E-state index >= 15 is 0 Å². The van der Waals surface area contributed by atoms with Crippen molar-refractivity contribution in [3.63, 3.8) is 0 Å². The van der Waals surface area contributed by atoms with E-state index in [0.717, 1.165) is 110 Å². The quantitative estimate of drug-likeness (QED) is 0.165. The molecule has 8 nitrogen and oxygen atoms in total. The first-order chi connectivity index (χ1) is 35.6. The summed E-state index contributed by atoms with van der Waals surface area (Å²) in [6, 6.07) is 77.6. The highest BCUT2D eigenvalue weighted by Crippen LogP contribution is 2.46. The largest absolute Gasteiger partial charge is 0.456 e. The highest BCUT2D eigenvalue weighted by Gasteiger charge is 2.27. The van der Waals surface area contributed by atoms with Gasteiger partial charge in [0, 0.05) is 54.5 Å². The van der Waals surface area contributed by atoms with Crippen LogP contribution in [0.1, 0.15) is 5.56 Å². The number of hydrogen-bond acceptors (Lipinski definition) is 6. The van der Waals surface area contributed by atoms with E-state index < -0.39 is 0 Å². The van der Waals surface area contributed by atoms with E-state index in [1.165, 1.54) is 0 Å². The zero-order valence-corrected chi connectivity index (χ0v) is 38.3. The van der Waals surface area contributed by atoms with Gasteiger partial charge in [-0.25, -0.2) is 15.0 Å². The summed E-state index contributed by atoms with van der Waals surface area (Å²) in [4.78, 5) is 15.3. The summed E-state index contributed by atoms with van der Waals surface area (Å²) in [5, 5.41) is 19.8. The van der Waals surface area contributed by atoms with Crippen molar-refractivity contribution in [3.8, 4) is 62.7 Å². The van der Waals surface area contributed by atoms with Gasteiger partial charge in [-0.3, -0.25) is 0 Å². The first-order valence-electron chi connectivity index (χ1n) is 23.9. The van der Waals surface area contributed by atoms with Crippen LogP contribution in [0.4, 0.5) is 0 Å². The van der Waals surface area contributed by atoms with Crippen molar-refractivity contribution in [1.82, 2.24) is 24.1 Å². The molecule has 0 saturated heterocycles. The lowest BCUT2D eigenvalue weighted by atomic mass is 9.99. The molecule has 334 valence electrons. The Hall–Kier alpha value is -10.1. The van der Waals surface area contributed by atoms with Crippen LogP contribution < -0.4 is 0 Å². The van der Waals surface area contributed by atoms with Crippen molar-refractivity contribution in [2.45, 2.75) is 0 Å². The molecule has 15 rings (SSSR count).